The first kappa shape index (κ1) is 18.4. The van der Waals surface area contributed by atoms with Gasteiger partial charge in [0.1, 0.15) is 4.88 Å². The number of esters is 1. The molecule has 0 spiro atoms. The molecule has 1 aromatic heterocycles. The number of hydrogen-bond donors (Lipinski definition) is 1. The van der Waals surface area contributed by atoms with Crippen LogP contribution in [0.2, 0.25) is 0 Å². The van der Waals surface area contributed by atoms with Gasteiger partial charge in [0, 0.05) is 12.4 Å². The minimum Gasteiger partial charge on any atom is -0.550 e. The van der Waals surface area contributed by atoms with E-state index < -0.39 is 17.4 Å². The summed E-state index contributed by atoms with van der Waals surface area (Å²) in [7, 11) is 0. The van der Waals surface area contributed by atoms with Crippen molar-refractivity contribution in [3.8, 4) is 0 Å². The van der Waals surface area contributed by atoms with Crippen molar-refractivity contribution in [1.82, 2.24) is 0 Å². The average Bonchev–Trinajstić information content (AvgIpc) is 3.05. The summed E-state index contributed by atoms with van der Waals surface area (Å²) in [6, 6.07) is 1.73. The lowest BCUT2D eigenvalue weighted by atomic mass is 9.79. The number of rotatable bonds is 7. The summed E-state index contributed by atoms with van der Waals surface area (Å²) in [5.74, 6) is -1.74. The van der Waals surface area contributed by atoms with Crippen molar-refractivity contribution in [1.29, 1.82) is 0 Å². The first-order valence-electron chi connectivity index (χ1n) is 8.12. The molecule has 0 aromatic carbocycles. The molecule has 0 unspecified atom stereocenters. The summed E-state index contributed by atoms with van der Waals surface area (Å²) < 4.78 is 4.98. The molecule has 1 saturated carbocycles. The van der Waals surface area contributed by atoms with E-state index in [0.29, 0.717) is 16.5 Å². The molecule has 24 heavy (non-hydrogen) atoms. The van der Waals surface area contributed by atoms with Gasteiger partial charge in [-0.2, -0.15) is 0 Å². The highest BCUT2D eigenvalue weighted by molar-refractivity contribution is 7.18. The number of carboxylic acids is 1. The number of anilines is 1. The third kappa shape index (κ3) is 4.56. The number of nitrogens with one attached hydrogen (secondary N) is 1. The maximum atomic E-state index is 12.3. The van der Waals surface area contributed by atoms with E-state index in [0.717, 1.165) is 31.2 Å². The van der Waals surface area contributed by atoms with Crippen molar-refractivity contribution < 1.29 is 24.2 Å². The van der Waals surface area contributed by atoms with E-state index in [4.69, 9.17) is 4.74 Å². The SMILES string of the molecule is CCOC(=O)c1sc(NC(=O)CC2(CC(=O)[O-])CCCC2)cc1C. The van der Waals surface area contributed by atoms with E-state index >= 15 is 0 Å². The Kier molecular flexibility index (Phi) is 5.99. The van der Waals surface area contributed by atoms with Crippen molar-refractivity contribution in [2.24, 2.45) is 5.41 Å². The van der Waals surface area contributed by atoms with E-state index in [2.05, 4.69) is 5.32 Å². The molecular weight excluding hydrogens is 330 g/mol. The Morgan fingerprint density at radius 1 is 1.29 bits per heavy atom. The lowest BCUT2D eigenvalue weighted by Gasteiger charge is -2.28. The lowest BCUT2D eigenvalue weighted by Crippen LogP contribution is -2.33. The first-order chi connectivity index (χ1) is 11.3. The van der Waals surface area contributed by atoms with Crippen LogP contribution >= 0.6 is 11.3 Å². The summed E-state index contributed by atoms with van der Waals surface area (Å²) in [5.41, 5.74) is 0.248. The Hall–Kier alpha value is -1.89. The summed E-state index contributed by atoms with van der Waals surface area (Å²) in [5, 5.41) is 14.3. The number of carbonyl (C=O) groups is 3. The predicted octanol–water partition coefficient (Wildman–Crippen LogP) is 2.26. The van der Waals surface area contributed by atoms with E-state index in [1.54, 1.807) is 19.9 Å². The Morgan fingerprint density at radius 3 is 2.54 bits per heavy atom. The molecule has 1 N–H and O–H groups in total. The molecule has 0 saturated heterocycles. The zero-order chi connectivity index (χ0) is 17.7. The highest BCUT2D eigenvalue weighted by Gasteiger charge is 2.36. The minimum absolute atomic E-state index is 0.0854. The van der Waals surface area contributed by atoms with Gasteiger partial charge in [-0.25, -0.2) is 4.79 Å². The second-order valence-electron chi connectivity index (χ2n) is 6.32. The van der Waals surface area contributed by atoms with Crippen LogP contribution in [0.25, 0.3) is 0 Å². The lowest BCUT2D eigenvalue weighted by molar-refractivity contribution is -0.308. The van der Waals surface area contributed by atoms with E-state index in [1.807, 2.05) is 0 Å². The molecule has 1 aromatic rings. The van der Waals surface area contributed by atoms with Crippen LogP contribution in [0.15, 0.2) is 6.07 Å². The monoisotopic (exact) mass is 352 g/mol. The molecule has 0 atom stereocenters. The first-order valence-corrected chi connectivity index (χ1v) is 8.94. The van der Waals surface area contributed by atoms with Gasteiger partial charge in [0.25, 0.3) is 0 Å². The molecule has 7 heteroatoms. The third-order valence-electron chi connectivity index (χ3n) is 4.36. The highest BCUT2D eigenvalue weighted by atomic mass is 32.1. The van der Waals surface area contributed by atoms with Crippen LogP contribution in [0.3, 0.4) is 0 Å². The molecule has 1 aliphatic carbocycles. The summed E-state index contributed by atoms with van der Waals surface area (Å²) >= 11 is 1.17. The maximum Gasteiger partial charge on any atom is 0.348 e. The van der Waals surface area contributed by atoms with Crippen LogP contribution < -0.4 is 10.4 Å². The topological polar surface area (TPSA) is 95.5 Å². The molecule has 1 heterocycles. The number of carboxylic acid groups (broad SMARTS) is 1. The van der Waals surface area contributed by atoms with Gasteiger partial charge in [0.2, 0.25) is 5.91 Å². The zero-order valence-electron chi connectivity index (χ0n) is 14.0. The van der Waals surface area contributed by atoms with Gasteiger partial charge >= 0.3 is 5.97 Å². The van der Waals surface area contributed by atoms with Crippen molar-refractivity contribution in [3.63, 3.8) is 0 Å². The molecule has 1 aliphatic rings. The van der Waals surface area contributed by atoms with Crippen molar-refractivity contribution in [2.75, 3.05) is 11.9 Å². The number of hydrogen-bond acceptors (Lipinski definition) is 6. The van der Waals surface area contributed by atoms with Crippen LogP contribution in [0, 0.1) is 12.3 Å². The highest BCUT2D eigenvalue weighted by Crippen LogP contribution is 2.44. The Bertz CT molecular complexity index is 631. The second kappa shape index (κ2) is 7.79. The largest absolute Gasteiger partial charge is 0.550 e. The zero-order valence-corrected chi connectivity index (χ0v) is 14.8. The van der Waals surface area contributed by atoms with Crippen molar-refractivity contribution >= 4 is 34.2 Å². The van der Waals surface area contributed by atoms with Gasteiger partial charge in [-0.15, -0.1) is 11.3 Å². The van der Waals surface area contributed by atoms with Gasteiger partial charge in [-0.1, -0.05) is 12.8 Å². The molecule has 1 amide bonds. The molecule has 1 fully saturated rings. The standard InChI is InChI=1S/C17H23NO5S/c1-3-23-16(22)15-11(2)8-13(24-15)18-12(19)9-17(10-14(20)21)6-4-5-7-17/h8H,3-7,9-10H2,1-2H3,(H,18,19)(H,20,21)/p-1. The van der Waals surface area contributed by atoms with Gasteiger partial charge in [0.05, 0.1) is 11.6 Å². The van der Waals surface area contributed by atoms with Crippen molar-refractivity contribution in [3.05, 3.63) is 16.5 Å². The van der Waals surface area contributed by atoms with Gasteiger partial charge in [-0.3, -0.25) is 4.79 Å². The number of aryl methyl sites for hydroxylation is 1. The summed E-state index contributed by atoms with van der Waals surface area (Å²) in [6.07, 6.45) is 3.40. The fraction of sp³-hybridized carbons (Fsp3) is 0.588. The minimum atomic E-state index is -1.11. The van der Waals surface area contributed by atoms with Crippen molar-refractivity contribution in [2.45, 2.75) is 52.4 Å². The predicted molar refractivity (Wildman–Crippen MR) is 88.8 cm³/mol. The van der Waals surface area contributed by atoms with Gasteiger partial charge < -0.3 is 20.0 Å². The number of aliphatic carboxylic acids is 1. The van der Waals surface area contributed by atoms with E-state index in [-0.39, 0.29) is 18.7 Å². The molecule has 6 nitrogen and oxygen atoms in total. The second-order valence-corrected chi connectivity index (χ2v) is 7.38. The molecule has 2 rings (SSSR count). The van der Waals surface area contributed by atoms with Crippen LogP contribution in [-0.4, -0.2) is 24.5 Å². The fourth-order valence-corrected chi connectivity index (χ4v) is 4.30. The van der Waals surface area contributed by atoms with E-state index in [9.17, 15) is 19.5 Å². The summed E-state index contributed by atoms with van der Waals surface area (Å²) in [6.45, 7) is 3.82. The third-order valence-corrected chi connectivity index (χ3v) is 5.49. The quantitative estimate of drug-likeness (QED) is 0.760. The number of ether oxygens (including phenoxy) is 1. The molecule has 0 aliphatic heterocycles. The van der Waals surface area contributed by atoms with Crippen LogP contribution in [0.5, 0.6) is 0 Å². The number of carbonyl (C=O) groups excluding carboxylic acids is 3. The molecule has 0 bridgehead atoms. The fourth-order valence-electron chi connectivity index (χ4n) is 3.31. The van der Waals surface area contributed by atoms with Crippen LogP contribution in [-0.2, 0) is 14.3 Å². The van der Waals surface area contributed by atoms with Crippen LogP contribution in [0.4, 0.5) is 5.00 Å². The maximum absolute atomic E-state index is 12.3. The Labute approximate surface area is 145 Å². The average molecular weight is 352 g/mol. The van der Waals surface area contributed by atoms with E-state index in [1.165, 1.54) is 11.3 Å². The normalized spacial score (nSPS) is 15.9. The molecular formula is C17H22NO5S-. The van der Waals surface area contributed by atoms with Gasteiger partial charge in [-0.05, 0) is 50.2 Å². The molecule has 0 radical (unpaired) electrons. The smallest absolute Gasteiger partial charge is 0.348 e. The molecule has 132 valence electrons. The Morgan fingerprint density at radius 2 is 1.96 bits per heavy atom. The number of amides is 1. The summed E-state index contributed by atoms with van der Waals surface area (Å²) in [4.78, 5) is 35.6. The van der Waals surface area contributed by atoms with Crippen LogP contribution in [0.1, 0.15) is 60.7 Å². The number of thiophene rings is 1. The Balaban J connectivity index is 2.03. The van der Waals surface area contributed by atoms with Gasteiger partial charge in [0.15, 0.2) is 0 Å².